The Hall–Kier alpha value is -1.99. The van der Waals surface area contributed by atoms with Crippen LogP contribution in [-0.4, -0.2) is 24.2 Å². The van der Waals surface area contributed by atoms with E-state index in [1.54, 1.807) is 6.92 Å². The molecule has 19 heavy (non-hydrogen) atoms. The lowest BCUT2D eigenvalue weighted by atomic mass is 10.2. The van der Waals surface area contributed by atoms with Crippen molar-refractivity contribution in [1.29, 1.82) is 0 Å². The Morgan fingerprint density at radius 3 is 2.53 bits per heavy atom. The minimum Gasteiger partial charge on any atom is -0.393 e. The van der Waals surface area contributed by atoms with Crippen molar-refractivity contribution in [3.63, 3.8) is 0 Å². The zero-order chi connectivity index (χ0) is 14.6. The van der Waals surface area contributed by atoms with Crippen molar-refractivity contribution in [2.75, 3.05) is 23.7 Å². The second-order valence-corrected chi connectivity index (χ2v) is 4.01. The van der Waals surface area contributed by atoms with E-state index in [4.69, 9.17) is 5.73 Å². The van der Waals surface area contributed by atoms with Crippen molar-refractivity contribution in [2.24, 2.45) is 0 Å². The summed E-state index contributed by atoms with van der Waals surface area (Å²) in [5.41, 5.74) is 4.73. The summed E-state index contributed by atoms with van der Waals surface area (Å²) in [5, 5.41) is 10.9. The van der Waals surface area contributed by atoms with E-state index >= 15 is 0 Å². The Kier molecular flexibility index (Phi) is 4.57. The molecule has 0 aliphatic heterocycles. The van der Waals surface area contributed by atoms with E-state index in [2.05, 4.69) is 0 Å². The van der Waals surface area contributed by atoms with Crippen LogP contribution in [0.1, 0.15) is 13.3 Å². The Bertz CT molecular complexity index is 463. The summed E-state index contributed by atoms with van der Waals surface area (Å²) in [4.78, 5) is 11.1. The number of para-hydroxylation sites is 1. The third kappa shape index (κ3) is 4.01. The van der Waals surface area contributed by atoms with Gasteiger partial charge >= 0.3 is 11.9 Å². The van der Waals surface area contributed by atoms with E-state index in [1.165, 1.54) is 18.2 Å². The van der Waals surface area contributed by atoms with Gasteiger partial charge in [0, 0.05) is 6.54 Å². The first kappa shape index (κ1) is 15.1. The van der Waals surface area contributed by atoms with Crippen LogP contribution in [0.25, 0.3) is 0 Å². The third-order valence-corrected chi connectivity index (χ3v) is 2.43. The molecule has 0 bridgehead atoms. The highest BCUT2D eigenvalue weighted by atomic mass is 19.4. The molecule has 0 saturated heterocycles. The summed E-state index contributed by atoms with van der Waals surface area (Å²) >= 11 is 0. The van der Waals surface area contributed by atoms with Crippen molar-refractivity contribution < 1.29 is 18.1 Å². The molecule has 0 aromatic heterocycles. The van der Waals surface area contributed by atoms with E-state index < -0.39 is 23.3 Å². The lowest BCUT2D eigenvalue weighted by Gasteiger charge is -2.25. The number of rotatable bonds is 5. The maximum Gasteiger partial charge on any atom is 0.405 e. The molecule has 1 aromatic rings. The van der Waals surface area contributed by atoms with Gasteiger partial charge < -0.3 is 10.6 Å². The molecule has 0 radical (unpaired) electrons. The molecule has 1 aromatic carbocycles. The van der Waals surface area contributed by atoms with Crippen LogP contribution in [0.5, 0.6) is 0 Å². The van der Waals surface area contributed by atoms with E-state index in [0.29, 0.717) is 6.42 Å². The number of alkyl halides is 3. The molecule has 106 valence electrons. The Balaban J connectivity index is 3.22. The fourth-order valence-corrected chi connectivity index (χ4v) is 1.77. The van der Waals surface area contributed by atoms with Crippen molar-refractivity contribution >= 4 is 17.1 Å². The number of nitrogens with two attached hydrogens (primary N) is 1. The van der Waals surface area contributed by atoms with Crippen LogP contribution in [-0.2, 0) is 0 Å². The molecule has 0 fully saturated rings. The molecule has 0 spiro atoms. The highest BCUT2D eigenvalue weighted by molar-refractivity contribution is 5.75. The lowest BCUT2D eigenvalue weighted by Crippen LogP contribution is -2.35. The maximum absolute atomic E-state index is 12.5. The molecule has 2 N–H and O–H groups in total. The highest BCUT2D eigenvalue weighted by Crippen LogP contribution is 2.35. The minimum absolute atomic E-state index is 0.0593. The van der Waals surface area contributed by atoms with Gasteiger partial charge in [0.25, 0.3) is 0 Å². The van der Waals surface area contributed by atoms with E-state index in [9.17, 15) is 23.3 Å². The van der Waals surface area contributed by atoms with Crippen LogP contribution in [0.15, 0.2) is 18.2 Å². The normalized spacial score (nSPS) is 11.4. The Morgan fingerprint density at radius 1 is 1.42 bits per heavy atom. The topological polar surface area (TPSA) is 72.4 Å². The van der Waals surface area contributed by atoms with Gasteiger partial charge in [-0.15, -0.1) is 0 Å². The molecule has 0 amide bonds. The molecule has 0 saturated carbocycles. The number of benzene rings is 1. The van der Waals surface area contributed by atoms with Gasteiger partial charge in [-0.05, 0) is 18.6 Å². The van der Waals surface area contributed by atoms with Crippen molar-refractivity contribution in [1.82, 2.24) is 0 Å². The summed E-state index contributed by atoms with van der Waals surface area (Å²) in [6, 6.07) is 3.96. The number of nitrogen functional groups attached to an aromatic ring is 1. The average Bonchev–Trinajstić information content (AvgIpc) is 2.25. The largest absolute Gasteiger partial charge is 0.405 e. The van der Waals surface area contributed by atoms with E-state index in [1.807, 2.05) is 0 Å². The molecule has 0 unspecified atom stereocenters. The molecule has 0 aliphatic carbocycles. The first-order valence-corrected chi connectivity index (χ1v) is 5.61. The van der Waals surface area contributed by atoms with Gasteiger partial charge in [-0.3, -0.25) is 10.1 Å². The van der Waals surface area contributed by atoms with Gasteiger partial charge in [0.1, 0.15) is 17.9 Å². The fourth-order valence-electron chi connectivity index (χ4n) is 1.77. The monoisotopic (exact) mass is 277 g/mol. The number of hydrogen-bond acceptors (Lipinski definition) is 4. The van der Waals surface area contributed by atoms with E-state index in [0.717, 1.165) is 4.90 Å². The summed E-state index contributed by atoms with van der Waals surface area (Å²) in [5.74, 6) is 0. The predicted molar refractivity (Wildman–Crippen MR) is 66.1 cm³/mol. The molecular weight excluding hydrogens is 263 g/mol. The average molecular weight is 277 g/mol. The van der Waals surface area contributed by atoms with E-state index in [-0.39, 0.29) is 17.9 Å². The van der Waals surface area contributed by atoms with Gasteiger partial charge in [0.2, 0.25) is 0 Å². The molecule has 0 atom stereocenters. The van der Waals surface area contributed by atoms with Crippen LogP contribution in [0.4, 0.5) is 30.2 Å². The lowest BCUT2D eigenvalue weighted by molar-refractivity contribution is -0.383. The number of nitrogens with zero attached hydrogens (tertiary/aromatic N) is 2. The summed E-state index contributed by atoms with van der Waals surface area (Å²) in [7, 11) is 0. The highest BCUT2D eigenvalue weighted by Gasteiger charge is 2.33. The van der Waals surface area contributed by atoms with Crippen LogP contribution >= 0.6 is 0 Å². The predicted octanol–water partition coefficient (Wildman–Crippen LogP) is 2.96. The number of nitro groups is 1. The molecule has 8 heteroatoms. The second-order valence-electron chi connectivity index (χ2n) is 4.01. The molecule has 0 aliphatic rings. The van der Waals surface area contributed by atoms with Crippen LogP contribution in [0.3, 0.4) is 0 Å². The zero-order valence-corrected chi connectivity index (χ0v) is 10.3. The smallest absolute Gasteiger partial charge is 0.393 e. The van der Waals surface area contributed by atoms with Crippen LogP contribution in [0, 0.1) is 10.1 Å². The van der Waals surface area contributed by atoms with Crippen LogP contribution < -0.4 is 10.6 Å². The fraction of sp³-hybridized carbons (Fsp3) is 0.455. The molecule has 1 rings (SSSR count). The Labute approximate surface area is 108 Å². The van der Waals surface area contributed by atoms with Gasteiger partial charge in [-0.1, -0.05) is 13.0 Å². The summed E-state index contributed by atoms with van der Waals surface area (Å²) in [6.45, 7) is 0.510. The minimum atomic E-state index is -4.44. The standard InChI is InChI=1S/C11H14F3N3O2/c1-2-6-16(7-11(12,13)14)9-5-3-4-8(15)10(9)17(18)19/h3-5H,2,6-7,15H2,1H3. The molecule has 0 heterocycles. The number of hydrogen-bond donors (Lipinski definition) is 1. The third-order valence-electron chi connectivity index (χ3n) is 2.43. The van der Waals surface area contributed by atoms with Gasteiger partial charge in [-0.25, -0.2) is 0 Å². The molecular formula is C11H14F3N3O2. The summed E-state index contributed by atoms with van der Waals surface area (Å²) in [6.07, 6.45) is -4.00. The van der Waals surface area contributed by atoms with Crippen LogP contribution in [0.2, 0.25) is 0 Å². The van der Waals surface area contributed by atoms with Gasteiger partial charge in [-0.2, -0.15) is 13.2 Å². The quantitative estimate of drug-likeness (QED) is 0.510. The first-order chi connectivity index (χ1) is 8.76. The van der Waals surface area contributed by atoms with Gasteiger partial charge in [0.05, 0.1) is 4.92 Å². The zero-order valence-electron chi connectivity index (χ0n) is 10.3. The number of nitro benzene ring substituents is 1. The van der Waals surface area contributed by atoms with Crippen molar-refractivity contribution in [3.05, 3.63) is 28.3 Å². The van der Waals surface area contributed by atoms with Crippen molar-refractivity contribution in [3.8, 4) is 0 Å². The van der Waals surface area contributed by atoms with Crippen molar-refractivity contribution in [2.45, 2.75) is 19.5 Å². The number of halogens is 3. The summed E-state index contributed by atoms with van der Waals surface area (Å²) < 4.78 is 37.5. The first-order valence-electron chi connectivity index (χ1n) is 5.61. The number of anilines is 2. The maximum atomic E-state index is 12.5. The second kappa shape index (κ2) is 5.77. The Morgan fingerprint density at radius 2 is 2.05 bits per heavy atom. The SMILES string of the molecule is CCCN(CC(F)(F)F)c1cccc(N)c1[N+](=O)[O-]. The van der Waals surface area contributed by atoms with Gasteiger partial charge in [0.15, 0.2) is 0 Å². The molecule has 5 nitrogen and oxygen atoms in total.